The van der Waals surface area contributed by atoms with E-state index in [4.69, 9.17) is 4.74 Å². The summed E-state index contributed by atoms with van der Waals surface area (Å²) >= 11 is 0. The summed E-state index contributed by atoms with van der Waals surface area (Å²) in [6.07, 6.45) is 2.96. The Bertz CT molecular complexity index is 1460. The van der Waals surface area contributed by atoms with E-state index in [9.17, 15) is 4.79 Å². The molecule has 0 fully saturated rings. The van der Waals surface area contributed by atoms with Gasteiger partial charge in [0.05, 0.1) is 11.8 Å². The minimum Gasteiger partial charge on any atom is -0.444 e. The summed E-state index contributed by atoms with van der Waals surface area (Å²) < 4.78 is 7.48. The number of carbonyl (C=O) groups excluding carboxylic acids is 1. The Balaban J connectivity index is 1.40. The summed E-state index contributed by atoms with van der Waals surface area (Å²) in [6, 6.07) is 15.3. The minimum absolute atomic E-state index is 0.151. The molecular formula is C24H23N7O2. The van der Waals surface area contributed by atoms with Gasteiger partial charge in [-0.05, 0) is 35.4 Å². The van der Waals surface area contributed by atoms with Gasteiger partial charge in [0.1, 0.15) is 23.6 Å². The molecule has 166 valence electrons. The number of H-pyrrole nitrogens is 1. The fourth-order valence-electron chi connectivity index (χ4n) is 3.84. The van der Waals surface area contributed by atoms with Gasteiger partial charge in [0.25, 0.3) is 0 Å². The minimum atomic E-state index is -0.466. The maximum atomic E-state index is 12.4. The smallest absolute Gasteiger partial charge is 0.415 e. The van der Waals surface area contributed by atoms with E-state index >= 15 is 0 Å². The van der Waals surface area contributed by atoms with E-state index in [0.717, 1.165) is 44.7 Å². The number of ether oxygens (including phenoxy) is 1. The predicted molar refractivity (Wildman–Crippen MR) is 128 cm³/mol. The summed E-state index contributed by atoms with van der Waals surface area (Å²) in [6.45, 7) is 0.151. The molecule has 0 bridgehead atoms. The third-order valence-electron chi connectivity index (χ3n) is 5.54. The van der Waals surface area contributed by atoms with Crippen LogP contribution in [0.1, 0.15) is 5.56 Å². The van der Waals surface area contributed by atoms with Crippen LogP contribution in [0.2, 0.25) is 0 Å². The average Bonchev–Trinajstić information content (AvgIpc) is 3.45. The number of nitrogens with zero attached hydrogens (tertiary/aromatic N) is 5. The zero-order chi connectivity index (χ0) is 22.9. The van der Waals surface area contributed by atoms with Crippen LogP contribution in [0.4, 0.5) is 16.4 Å². The Kier molecular flexibility index (Phi) is 5.14. The standard InChI is InChI=1S/C24H23N7O2/c1-25-23-20-21(30(2)14-27-20)17-12-18(28-22(17)29-23)16-8-6-7-15(11-16)13-33-24(32)31(3)19-9-4-5-10-26-19/h4-12,14H,13H2,1-3H3,(H2,25,28,29). The molecule has 4 aromatic heterocycles. The molecule has 33 heavy (non-hydrogen) atoms. The highest BCUT2D eigenvalue weighted by atomic mass is 16.6. The fourth-order valence-corrected chi connectivity index (χ4v) is 3.84. The number of fused-ring (bicyclic) bond motifs is 3. The molecule has 5 rings (SSSR count). The number of aromatic nitrogens is 5. The van der Waals surface area contributed by atoms with Gasteiger partial charge < -0.3 is 19.6 Å². The second kappa shape index (κ2) is 8.27. The van der Waals surface area contributed by atoms with Crippen LogP contribution < -0.4 is 10.2 Å². The molecule has 9 heteroatoms. The van der Waals surface area contributed by atoms with Gasteiger partial charge in [0.15, 0.2) is 5.82 Å². The maximum absolute atomic E-state index is 12.4. The molecule has 0 unspecified atom stereocenters. The number of anilines is 2. The van der Waals surface area contributed by atoms with E-state index in [1.165, 1.54) is 4.90 Å². The van der Waals surface area contributed by atoms with Crippen molar-refractivity contribution in [1.82, 2.24) is 24.5 Å². The van der Waals surface area contributed by atoms with E-state index in [2.05, 4.69) is 31.3 Å². The van der Waals surface area contributed by atoms with Gasteiger partial charge in [-0.15, -0.1) is 0 Å². The maximum Gasteiger partial charge on any atom is 0.415 e. The summed E-state index contributed by atoms with van der Waals surface area (Å²) in [5.74, 6) is 1.26. The van der Waals surface area contributed by atoms with Crippen molar-refractivity contribution in [1.29, 1.82) is 0 Å². The Labute approximate surface area is 190 Å². The van der Waals surface area contributed by atoms with Crippen molar-refractivity contribution >= 4 is 39.8 Å². The van der Waals surface area contributed by atoms with Gasteiger partial charge in [0, 0.05) is 38.4 Å². The summed E-state index contributed by atoms with van der Waals surface area (Å²) in [5.41, 5.74) is 5.39. The van der Waals surface area contributed by atoms with Crippen molar-refractivity contribution < 1.29 is 9.53 Å². The molecule has 9 nitrogen and oxygen atoms in total. The lowest BCUT2D eigenvalue weighted by atomic mass is 10.1. The highest BCUT2D eigenvalue weighted by molar-refractivity contribution is 6.07. The quantitative estimate of drug-likeness (QED) is 0.421. The van der Waals surface area contributed by atoms with E-state index < -0.39 is 6.09 Å². The topological polar surface area (TPSA) is 101 Å². The average molecular weight is 441 g/mol. The first-order chi connectivity index (χ1) is 16.0. The first-order valence-electron chi connectivity index (χ1n) is 10.5. The molecule has 2 N–H and O–H groups in total. The van der Waals surface area contributed by atoms with Gasteiger partial charge in [-0.3, -0.25) is 4.90 Å². The Morgan fingerprint density at radius 2 is 2.06 bits per heavy atom. The first-order valence-corrected chi connectivity index (χ1v) is 10.5. The molecule has 5 aromatic rings. The predicted octanol–water partition coefficient (Wildman–Crippen LogP) is 4.33. The van der Waals surface area contributed by atoms with Gasteiger partial charge in [-0.2, -0.15) is 0 Å². The lowest BCUT2D eigenvalue weighted by Crippen LogP contribution is -2.27. The molecule has 0 atom stereocenters. The van der Waals surface area contributed by atoms with Crippen LogP contribution in [0.5, 0.6) is 0 Å². The SMILES string of the molecule is CNc1nc2[nH]c(-c3cccc(COC(=O)N(C)c4ccccn4)c3)cc2c2c1ncn2C. The van der Waals surface area contributed by atoms with Crippen molar-refractivity contribution in [2.75, 3.05) is 24.3 Å². The number of hydrogen-bond donors (Lipinski definition) is 2. The molecule has 4 heterocycles. The number of aromatic amines is 1. The molecule has 1 amide bonds. The lowest BCUT2D eigenvalue weighted by molar-refractivity contribution is 0.148. The number of pyridine rings is 2. The van der Waals surface area contributed by atoms with Crippen LogP contribution in [0, 0.1) is 0 Å². The van der Waals surface area contributed by atoms with Crippen LogP contribution in [-0.2, 0) is 18.4 Å². The third-order valence-corrected chi connectivity index (χ3v) is 5.54. The first kappa shape index (κ1) is 20.5. The van der Waals surface area contributed by atoms with Crippen LogP contribution >= 0.6 is 0 Å². The van der Waals surface area contributed by atoms with Crippen LogP contribution in [-0.4, -0.2) is 44.7 Å². The van der Waals surface area contributed by atoms with Crippen molar-refractivity contribution in [3.05, 3.63) is 66.6 Å². The number of hydrogen-bond acceptors (Lipinski definition) is 6. The fraction of sp³-hybridized carbons (Fsp3) is 0.167. The van der Waals surface area contributed by atoms with Crippen molar-refractivity contribution in [3.63, 3.8) is 0 Å². The monoisotopic (exact) mass is 441 g/mol. The molecule has 0 saturated heterocycles. The van der Waals surface area contributed by atoms with E-state index in [1.54, 1.807) is 31.7 Å². The van der Waals surface area contributed by atoms with Crippen molar-refractivity contribution in [3.8, 4) is 11.3 Å². The van der Waals surface area contributed by atoms with Gasteiger partial charge >= 0.3 is 6.09 Å². The number of benzene rings is 1. The largest absolute Gasteiger partial charge is 0.444 e. The number of aryl methyl sites for hydroxylation is 1. The van der Waals surface area contributed by atoms with Gasteiger partial charge in [-0.25, -0.2) is 19.7 Å². The van der Waals surface area contributed by atoms with Gasteiger partial charge in [0.2, 0.25) is 0 Å². The zero-order valence-corrected chi connectivity index (χ0v) is 18.5. The molecule has 0 aliphatic carbocycles. The van der Waals surface area contributed by atoms with E-state index in [1.807, 2.05) is 49.0 Å². The summed E-state index contributed by atoms with van der Waals surface area (Å²) in [5, 5.41) is 4.11. The second-order valence-electron chi connectivity index (χ2n) is 7.71. The van der Waals surface area contributed by atoms with Crippen molar-refractivity contribution in [2.24, 2.45) is 7.05 Å². The Morgan fingerprint density at radius 1 is 1.18 bits per heavy atom. The Hall–Kier alpha value is -4.40. The second-order valence-corrected chi connectivity index (χ2v) is 7.71. The zero-order valence-electron chi connectivity index (χ0n) is 18.5. The third kappa shape index (κ3) is 3.73. The van der Waals surface area contributed by atoms with E-state index in [-0.39, 0.29) is 6.61 Å². The molecular weight excluding hydrogens is 418 g/mol. The molecule has 0 saturated carbocycles. The number of imidazole rings is 1. The summed E-state index contributed by atoms with van der Waals surface area (Å²) in [7, 11) is 5.44. The molecule has 0 aliphatic rings. The summed E-state index contributed by atoms with van der Waals surface area (Å²) in [4.78, 5) is 30.5. The van der Waals surface area contributed by atoms with E-state index in [0.29, 0.717) is 5.82 Å². The molecule has 0 aliphatic heterocycles. The van der Waals surface area contributed by atoms with Gasteiger partial charge in [-0.1, -0.05) is 24.3 Å². The number of amides is 1. The lowest BCUT2D eigenvalue weighted by Gasteiger charge is -2.16. The molecule has 0 spiro atoms. The number of carbonyl (C=O) groups is 1. The highest BCUT2D eigenvalue weighted by Crippen LogP contribution is 2.31. The van der Waals surface area contributed by atoms with Crippen LogP contribution in [0.15, 0.2) is 61.1 Å². The number of rotatable bonds is 5. The molecule has 0 radical (unpaired) electrons. The van der Waals surface area contributed by atoms with Crippen molar-refractivity contribution in [2.45, 2.75) is 6.61 Å². The normalized spacial score (nSPS) is 11.1. The highest BCUT2D eigenvalue weighted by Gasteiger charge is 2.16. The van der Waals surface area contributed by atoms with Crippen LogP contribution in [0.25, 0.3) is 33.3 Å². The van der Waals surface area contributed by atoms with Crippen LogP contribution in [0.3, 0.4) is 0 Å². The number of nitrogens with one attached hydrogen (secondary N) is 2. The molecule has 1 aromatic carbocycles. The Morgan fingerprint density at radius 3 is 2.85 bits per heavy atom.